The Morgan fingerprint density at radius 1 is 1.25 bits per heavy atom. The third-order valence-corrected chi connectivity index (χ3v) is 4.42. The number of β-amino-alcohol motifs (C(OH)–C–C–N with tert-alkyl or cyclic N) is 1. The summed E-state index contributed by atoms with van der Waals surface area (Å²) in [4.78, 5) is 4.31. The number of rotatable bonds is 4. The summed E-state index contributed by atoms with van der Waals surface area (Å²) in [5.74, 6) is 1.40. The van der Waals surface area contributed by atoms with Crippen LogP contribution in [0.4, 0.5) is 0 Å². The van der Waals surface area contributed by atoms with Gasteiger partial charge in [-0.25, -0.2) is 0 Å². The number of methoxy groups -OCH3 is 2. The number of hydrogen-bond donors (Lipinski definition) is 1. The van der Waals surface area contributed by atoms with E-state index in [4.69, 9.17) is 14.6 Å². The molecule has 0 saturated heterocycles. The average molecular weight is 352 g/mol. The number of ether oxygens (including phenoxy) is 2. The summed E-state index contributed by atoms with van der Waals surface area (Å²) in [6.07, 6.45) is 0.894. The normalized spacial score (nSPS) is 16.7. The van der Waals surface area contributed by atoms with Gasteiger partial charge in [-0.2, -0.15) is 5.26 Å². The lowest BCUT2D eigenvalue weighted by Gasteiger charge is -2.42. The maximum atomic E-state index is 9.59. The molecule has 130 valence electrons. The Morgan fingerprint density at radius 3 is 2.58 bits per heavy atom. The topological polar surface area (TPSA) is 69.0 Å². The standard InChI is InChI=1S/C17H21N3O3.ClH/c1-22-15-7-12-3-4-20-11-19(5-6-21)10-13(9-18)17(20)14(12)8-16(15)23-2;/h7-8,21H,3-6,10-11H2,1-2H3;1H. The molecule has 2 heterocycles. The fourth-order valence-corrected chi connectivity index (χ4v) is 3.35. The number of nitrogens with zero attached hydrogens (tertiary/aromatic N) is 3. The summed E-state index contributed by atoms with van der Waals surface area (Å²) in [5, 5.41) is 18.8. The Bertz CT molecular complexity index is 684. The maximum absolute atomic E-state index is 9.59. The second-order valence-corrected chi connectivity index (χ2v) is 5.73. The first-order valence-electron chi connectivity index (χ1n) is 7.68. The zero-order valence-electron chi connectivity index (χ0n) is 13.9. The fourth-order valence-electron chi connectivity index (χ4n) is 3.35. The van der Waals surface area contributed by atoms with Gasteiger partial charge in [0.05, 0.1) is 44.8 Å². The van der Waals surface area contributed by atoms with E-state index in [0.717, 1.165) is 42.2 Å². The number of fused-ring (bicyclic) bond motifs is 3. The maximum Gasteiger partial charge on any atom is 0.161 e. The van der Waals surface area contributed by atoms with E-state index in [1.54, 1.807) is 14.2 Å². The van der Waals surface area contributed by atoms with Crippen LogP contribution < -0.4 is 9.47 Å². The number of hydrogen-bond acceptors (Lipinski definition) is 6. The minimum Gasteiger partial charge on any atom is -0.493 e. The number of aliphatic hydroxyl groups is 1. The van der Waals surface area contributed by atoms with Gasteiger partial charge in [-0.3, -0.25) is 4.90 Å². The molecular formula is C17H22ClN3O3. The molecule has 0 aliphatic carbocycles. The number of benzene rings is 1. The van der Waals surface area contributed by atoms with Crippen molar-refractivity contribution in [2.75, 3.05) is 47.1 Å². The van der Waals surface area contributed by atoms with Crippen molar-refractivity contribution in [1.29, 1.82) is 5.26 Å². The van der Waals surface area contributed by atoms with Gasteiger partial charge in [-0.15, -0.1) is 12.4 Å². The molecule has 0 atom stereocenters. The van der Waals surface area contributed by atoms with Crippen LogP contribution in [0, 0.1) is 11.3 Å². The molecule has 0 aromatic heterocycles. The molecule has 24 heavy (non-hydrogen) atoms. The van der Waals surface area contributed by atoms with Crippen LogP contribution >= 0.6 is 12.4 Å². The predicted molar refractivity (Wildman–Crippen MR) is 93.3 cm³/mol. The molecule has 0 fully saturated rings. The SMILES string of the molecule is COc1cc2c(cc1OC)C1=C(C#N)CN(CCO)CN1CC2.Cl. The molecule has 6 nitrogen and oxygen atoms in total. The van der Waals surface area contributed by atoms with E-state index in [0.29, 0.717) is 18.8 Å². The number of halogens is 1. The first-order chi connectivity index (χ1) is 11.2. The Hall–Kier alpha value is -1.94. The highest BCUT2D eigenvalue weighted by molar-refractivity contribution is 5.85. The van der Waals surface area contributed by atoms with E-state index in [2.05, 4.69) is 15.9 Å². The first kappa shape index (κ1) is 18.4. The summed E-state index contributed by atoms with van der Waals surface area (Å²) in [7, 11) is 3.25. The molecule has 2 aliphatic heterocycles. The van der Waals surface area contributed by atoms with E-state index in [-0.39, 0.29) is 19.0 Å². The minimum atomic E-state index is 0. The molecule has 0 bridgehead atoms. The molecule has 2 aliphatic rings. The van der Waals surface area contributed by atoms with E-state index in [9.17, 15) is 5.26 Å². The molecule has 0 saturated carbocycles. The Kier molecular flexibility index (Phi) is 5.94. The van der Waals surface area contributed by atoms with Crippen molar-refractivity contribution in [1.82, 2.24) is 9.80 Å². The third-order valence-electron chi connectivity index (χ3n) is 4.42. The average Bonchev–Trinajstić information content (AvgIpc) is 2.59. The van der Waals surface area contributed by atoms with Gasteiger partial charge in [0.15, 0.2) is 11.5 Å². The van der Waals surface area contributed by atoms with Crippen molar-refractivity contribution < 1.29 is 14.6 Å². The number of nitriles is 1. The molecule has 0 spiro atoms. The molecular weight excluding hydrogens is 330 g/mol. The highest BCUT2D eigenvalue weighted by Gasteiger charge is 2.31. The minimum absolute atomic E-state index is 0. The van der Waals surface area contributed by atoms with E-state index >= 15 is 0 Å². The van der Waals surface area contributed by atoms with Crippen LogP contribution in [0.25, 0.3) is 5.70 Å². The summed E-state index contributed by atoms with van der Waals surface area (Å²) in [6, 6.07) is 6.32. The van der Waals surface area contributed by atoms with Crippen molar-refractivity contribution in [2.24, 2.45) is 0 Å². The lowest BCUT2D eigenvalue weighted by Crippen LogP contribution is -2.46. The molecule has 1 aromatic carbocycles. The van der Waals surface area contributed by atoms with Gasteiger partial charge in [0.1, 0.15) is 0 Å². The molecule has 7 heteroatoms. The third kappa shape index (κ3) is 3.16. The van der Waals surface area contributed by atoms with Gasteiger partial charge in [0.2, 0.25) is 0 Å². The van der Waals surface area contributed by atoms with Crippen LogP contribution in [0.15, 0.2) is 17.7 Å². The van der Waals surface area contributed by atoms with Gasteiger partial charge >= 0.3 is 0 Å². The Labute approximate surface area is 148 Å². The second-order valence-electron chi connectivity index (χ2n) is 5.73. The van der Waals surface area contributed by atoms with Gasteiger partial charge in [0.25, 0.3) is 0 Å². The largest absolute Gasteiger partial charge is 0.493 e. The highest BCUT2D eigenvalue weighted by atomic mass is 35.5. The van der Waals surface area contributed by atoms with Crippen LogP contribution in [0.5, 0.6) is 11.5 Å². The zero-order chi connectivity index (χ0) is 16.4. The molecule has 0 unspecified atom stereocenters. The van der Waals surface area contributed by atoms with Crippen LogP contribution in [0.3, 0.4) is 0 Å². The molecule has 1 aromatic rings. The monoisotopic (exact) mass is 351 g/mol. The van der Waals surface area contributed by atoms with Crippen LogP contribution in [0.1, 0.15) is 11.1 Å². The van der Waals surface area contributed by atoms with Crippen LogP contribution in [-0.4, -0.2) is 62.0 Å². The smallest absolute Gasteiger partial charge is 0.161 e. The van der Waals surface area contributed by atoms with E-state index in [1.807, 2.05) is 12.1 Å². The van der Waals surface area contributed by atoms with Gasteiger partial charge < -0.3 is 19.5 Å². The molecule has 0 radical (unpaired) electrons. The van der Waals surface area contributed by atoms with E-state index < -0.39 is 0 Å². The van der Waals surface area contributed by atoms with Crippen molar-refractivity contribution in [2.45, 2.75) is 6.42 Å². The fraction of sp³-hybridized carbons (Fsp3) is 0.471. The van der Waals surface area contributed by atoms with Crippen molar-refractivity contribution >= 4 is 18.1 Å². The molecule has 0 amide bonds. The quantitative estimate of drug-likeness (QED) is 0.886. The van der Waals surface area contributed by atoms with Crippen LogP contribution in [-0.2, 0) is 6.42 Å². The zero-order valence-corrected chi connectivity index (χ0v) is 14.7. The lowest BCUT2D eigenvalue weighted by molar-refractivity contribution is 0.141. The summed E-state index contributed by atoms with van der Waals surface area (Å²) >= 11 is 0. The molecule has 1 N–H and O–H groups in total. The summed E-state index contributed by atoms with van der Waals surface area (Å²) in [5.41, 5.74) is 3.95. The molecule has 3 rings (SSSR count). The Morgan fingerprint density at radius 2 is 1.96 bits per heavy atom. The van der Waals surface area contributed by atoms with E-state index in [1.165, 1.54) is 5.56 Å². The lowest BCUT2D eigenvalue weighted by atomic mass is 9.92. The highest BCUT2D eigenvalue weighted by Crippen LogP contribution is 2.40. The number of aliphatic hydroxyl groups excluding tert-OH is 1. The van der Waals surface area contributed by atoms with Gasteiger partial charge in [-0.05, 0) is 24.1 Å². The summed E-state index contributed by atoms with van der Waals surface area (Å²) < 4.78 is 10.8. The van der Waals surface area contributed by atoms with Gasteiger partial charge in [-0.1, -0.05) is 0 Å². The van der Waals surface area contributed by atoms with Crippen molar-refractivity contribution in [3.8, 4) is 17.6 Å². The Balaban J connectivity index is 0.00000208. The van der Waals surface area contributed by atoms with Crippen molar-refractivity contribution in [3.05, 3.63) is 28.8 Å². The summed E-state index contributed by atoms with van der Waals surface area (Å²) in [6.45, 7) is 2.83. The van der Waals surface area contributed by atoms with Crippen LogP contribution in [0.2, 0.25) is 0 Å². The van der Waals surface area contributed by atoms with Crippen molar-refractivity contribution in [3.63, 3.8) is 0 Å². The van der Waals surface area contributed by atoms with Gasteiger partial charge in [0, 0.05) is 25.2 Å². The first-order valence-corrected chi connectivity index (χ1v) is 7.68. The predicted octanol–water partition coefficient (Wildman–Crippen LogP) is 1.48. The second kappa shape index (κ2) is 7.75.